The summed E-state index contributed by atoms with van der Waals surface area (Å²) in [5, 5.41) is 5.14. The first kappa shape index (κ1) is 33.6. The van der Waals surface area contributed by atoms with Crippen LogP contribution in [0.15, 0.2) is 231 Å². The maximum Gasteiger partial charge on any atom is 0.0547 e. The quantitative estimate of drug-likeness (QED) is 0.141. The van der Waals surface area contributed by atoms with Gasteiger partial charge in [0, 0.05) is 33.5 Å². The second-order valence-corrected chi connectivity index (χ2v) is 14.9. The van der Waals surface area contributed by atoms with E-state index in [2.05, 4.69) is 240 Å². The van der Waals surface area contributed by atoms with E-state index in [4.69, 9.17) is 0 Å². The maximum atomic E-state index is 2.45. The second kappa shape index (κ2) is 14.1. The van der Waals surface area contributed by atoms with Gasteiger partial charge in [-0.15, -0.1) is 0 Å². The minimum atomic E-state index is 1.09. The van der Waals surface area contributed by atoms with Crippen molar-refractivity contribution >= 4 is 49.6 Å². The average Bonchev–Trinajstić information content (AvgIpc) is 3.65. The summed E-state index contributed by atoms with van der Waals surface area (Å²) >= 11 is 0. The van der Waals surface area contributed by atoms with Crippen molar-refractivity contribution in [3.05, 3.63) is 231 Å². The van der Waals surface area contributed by atoms with Gasteiger partial charge >= 0.3 is 0 Å². The third-order valence-corrected chi connectivity index (χ3v) is 11.6. The third kappa shape index (κ3) is 5.74. The lowest BCUT2D eigenvalue weighted by Crippen LogP contribution is -2.10. The summed E-state index contributed by atoms with van der Waals surface area (Å²) in [6.07, 6.45) is 0. The fourth-order valence-corrected chi connectivity index (χ4v) is 8.84. The molecule has 0 aliphatic heterocycles. The molecular weight excluding hydrogens is 701 g/mol. The van der Waals surface area contributed by atoms with Crippen LogP contribution >= 0.6 is 0 Å². The fraction of sp³-hybridized carbons (Fsp3) is 0. The van der Waals surface area contributed by atoms with Gasteiger partial charge in [-0.3, -0.25) is 0 Å². The molecule has 0 atom stereocenters. The number of hydrogen-bond acceptors (Lipinski definition) is 1. The van der Waals surface area contributed by atoms with Crippen LogP contribution in [0.25, 0.3) is 82.8 Å². The minimum absolute atomic E-state index is 1.09. The molecule has 58 heavy (non-hydrogen) atoms. The van der Waals surface area contributed by atoms with Gasteiger partial charge in [-0.05, 0) is 116 Å². The van der Waals surface area contributed by atoms with Crippen molar-refractivity contribution in [2.45, 2.75) is 0 Å². The number of aromatic nitrogens is 1. The zero-order chi connectivity index (χ0) is 38.4. The monoisotopic (exact) mass is 738 g/mol. The summed E-state index contributed by atoms with van der Waals surface area (Å²) < 4.78 is 2.45. The molecule has 0 aliphatic carbocycles. The first-order valence-corrected chi connectivity index (χ1v) is 19.9. The Labute approximate surface area is 338 Å². The Morgan fingerprint density at radius 2 is 0.586 bits per heavy atom. The lowest BCUT2D eigenvalue weighted by molar-refractivity contribution is 1.17. The maximum absolute atomic E-state index is 2.45. The highest BCUT2D eigenvalue weighted by Crippen LogP contribution is 2.46. The van der Waals surface area contributed by atoms with E-state index in [1.807, 2.05) is 0 Å². The summed E-state index contributed by atoms with van der Waals surface area (Å²) in [6, 6.07) is 83.5. The van der Waals surface area contributed by atoms with E-state index in [1.165, 1.54) is 77.1 Å². The number of hydrogen-bond donors (Lipinski definition) is 0. The Morgan fingerprint density at radius 3 is 0.966 bits per heavy atom. The van der Waals surface area contributed by atoms with Gasteiger partial charge in [-0.25, -0.2) is 0 Å². The molecule has 0 spiro atoms. The van der Waals surface area contributed by atoms with E-state index in [9.17, 15) is 0 Å². The lowest BCUT2D eigenvalue weighted by atomic mass is 9.91. The highest BCUT2D eigenvalue weighted by atomic mass is 15.1. The molecule has 272 valence electrons. The molecule has 0 saturated carbocycles. The SMILES string of the molecule is c1ccc(-c2ccc(N(c3ccc(-c4ccccc4)cc3)c3ccc(-n4c5ccc(-c6ccccc6)c6ccc7c(-c8ccccc8)ccc4c7c65)cc3)cc2)cc1. The van der Waals surface area contributed by atoms with E-state index in [-0.39, 0.29) is 0 Å². The highest BCUT2D eigenvalue weighted by molar-refractivity contribution is 6.28. The molecule has 0 N–H and O–H groups in total. The van der Waals surface area contributed by atoms with E-state index >= 15 is 0 Å². The Morgan fingerprint density at radius 1 is 0.259 bits per heavy atom. The van der Waals surface area contributed by atoms with Gasteiger partial charge in [0.25, 0.3) is 0 Å². The van der Waals surface area contributed by atoms with Gasteiger partial charge in [0.05, 0.1) is 11.0 Å². The molecule has 0 bridgehead atoms. The average molecular weight is 739 g/mol. The smallest absolute Gasteiger partial charge is 0.0547 e. The molecule has 0 saturated heterocycles. The predicted molar refractivity (Wildman–Crippen MR) is 246 cm³/mol. The van der Waals surface area contributed by atoms with Crippen LogP contribution in [-0.4, -0.2) is 4.57 Å². The Hall–Kier alpha value is -7.68. The summed E-state index contributed by atoms with van der Waals surface area (Å²) in [5.74, 6) is 0. The van der Waals surface area contributed by atoms with E-state index in [1.54, 1.807) is 0 Å². The highest BCUT2D eigenvalue weighted by Gasteiger charge is 2.21. The van der Waals surface area contributed by atoms with Crippen molar-refractivity contribution in [1.29, 1.82) is 0 Å². The molecule has 1 heterocycles. The van der Waals surface area contributed by atoms with E-state index in [0.717, 1.165) is 22.7 Å². The van der Waals surface area contributed by atoms with Crippen LogP contribution in [0.4, 0.5) is 17.1 Å². The molecule has 1 aromatic heterocycles. The van der Waals surface area contributed by atoms with Gasteiger partial charge in [-0.1, -0.05) is 170 Å². The van der Waals surface area contributed by atoms with Crippen molar-refractivity contribution in [2.75, 3.05) is 4.90 Å². The molecule has 0 fully saturated rings. The zero-order valence-electron chi connectivity index (χ0n) is 31.8. The first-order chi connectivity index (χ1) is 28.8. The largest absolute Gasteiger partial charge is 0.311 e. The molecule has 10 aromatic carbocycles. The summed E-state index contributed by atoms with van der Waals surface area (Å²) in [4.78, 5) is 2.35. The van der Waals surface area contributed by atoms with Crippen LogP contribution in [0, 0.1) is 0 Å². The van der Waals surface area contributed by atoms with Crippen molar-refractivity contribution < 1.29 is 0 Å². The van der Waals surface area contributed by atoms with Crippen molar-refractivity contribution in [3.63, 3.8) is 0 Å². The number of benzene rings is 10. The number of anilines is 3. The molecule has 2 nitrogen and oxygen atoms in total. The molecule has 11 rings (SSSR count). The summed E-state index contributed by atoms with van der Waals surface area (Å²) in [5.41, 5.74) is 16.6. The van der Waals surface area contributed by atoms with Crippen molar-refractivity contribution in [1.82, 2.24) is 4.57 Å². The Balaban J connectivity index is 1.06. The molecule has 0 amide bonds. The van der Waals surface area contributed by atoms with E-state index < -0.39 is 0 Å². The standard InChI is InChI=1S/C56H38N2/c1-5-13-39(14-6-1)41-21-25-45(26-22-41)57(46-27-23-42(24-28-46)40-15-7-2-8-16-40)47-29-31-48(32-30-47)58-53-37-35-49(43-17-9-3-10-18-43)51-33-34-52-50(44-19-11-4-12-20-44)36-38-54(58)56(52)55(51)53/h1-38H. The summed E-state index contributed by atoms with van der Waals surface area (Å²) in [6.45, 7) is 0. The molecular formula is C56H38N2. The fourth-order valence-electron chi connectivity index (χ4n) is 8.84. The Bertz CT molecular complexity index is 2960. The topological polar surface area (TPSA) is 8.17 Å². The van der Waals surface area contributed by atoms with Crippen LogP contribution in [0.1, 0.15) is 0 Å². The minimum Gasteiger partial charge on any atom is -0.311 e. The van der Waals surface area contributed by atoms with Crippen LogP contribution in [0.5, 0.6) is 0 Å². The van der Waals surface area contributed by atoms with Gasteiger partial charge in [0.15, 0.2) is 0 Å². The molecule has 0 unspecified atom stereocenters. The summed E-state index contributed by atoms with van der Waals surface area (Å²) in [7, 11) is 0. The van der Waals surface area contributed by atoms with Crippen LogP contribution in [0.3, 0.4) is 0 Å². The molecule has 0 radical (unpaired) electrons. The zero-order valence-corrected chi connectivity index (χ0v) is 31.8. The second-order valence-electron chi connectivity index (χ2n) is 14.9. The molecule has 2 heteroatoms. The first-order valence-electron chi connectivity index (χ1n) is 19.9. The van der Waals surface area contributed by atoms with E-state index in [0.29, 0.717) is 0 Å². The van der Waals surface area contributed by atoms with Crippen LogP contribution < -0.4 is 4.90 Å². The number of nitrogens with zero attached hydrogens (tertiary/aromatic N) is 2. The normalized spacial score (nSPS) is 11.4. The third-order valence-electron chi connectivity index (χ3n) is 11.6. The van der Waals surface area contributed by atoms with Crippen LogP contribution in [-0.2, 0) is 0 Å². The van der Waals surface area contributed by atoms with Crippen LogP contribution in [0.2, 0.25) is 0 Å². The number of rotatable bonds is 8. The molecule has 11 aromatic rings. The van der Waals surface area contributed by atoms with Gasteiger partial charge in [-0.2, -0.15) is 0 Å². The van der Waals surface area contributed by atoms with Crippen molar-refractivity contribution in [3.8, 4) is 50.2 Å². The lowest BCUT2D eigenvalue weighted by Gasteiger charge is -2.26. The van der Waals surface area contributed by atoms with Gasteiger partial charge in [0.1, 0.15) is 0 Å². The van der Waals surface area contributed by atoms with Gasteiger partial charge < -0.3 is 9.47 Å². The van der Waals surface area contributed by atoms with Gasteiger partial charge in [0.2, 0.25) is 0 Å². The predicted octanol–water partition coefficient (Wildman–Crippen LogP) is 15.5. The van der Waals surface area contributed by atoms with Crippen molar-refractivity contribution in [2.24, 2.45) is 0 Å². The Kier molecular flexibility index (Phi) is 8.19. The molecule has 0 aliphatic rings.